The summed E-state index contributed by atoms with van der Waals surface area (Å²) in [7, 11) is 1.81. The van der Waals surface area contributed by atoms with Crippen molar-refractivity contribution in [2.75, 3.05) is 23.9 Å². The third-order valence-electron chi connectivity index (χ3n) is 4.13. The molecule has 0 aliphatic carbocycles. The van der Waals surface area contributed by atoms with E-state index in [-0.39, 0.29) is 12.1 Å². The number of carbonyl (C=O) groups excluding carboxylic acids is 1. The summed E-state index contributed by atoms with van der Waals surface area (Å²) in [6, 6.07) is 2.90. The minimum Gasteiger partial charge on any atom is -0.378 e. The van der Waals surface area contributed by atoms with Crippen LogP contribution in [0.1, 0.15) is 25.0 Å². The number of likely N-dealkylation sites (N-methyl/N-ethyl adjacent to an activating group) is 1. The van der Waals surface area contributed by atoms with Gasteiger partial charge in [-0.05, 0) is 25.5 Å². The first kappa shape index (κ1) is 13.3. The van der Waals surface area contributed by atoms with Crippen LogP contribution in [-0.4, -0.2) is 36.8 Å². The molecule has 0 spiro atoms. The summed E-state index contributed by atoms with van der Waals surface area (Å²) in [4.78, 5) is 13.3. The van der Waals surface area contributed by atoms with Gasteiger partial charge in [-0.1, -0.05) is 0 Å². The van der Waals surface area contributed by atoms with Gasteiger partial charge in [0.1, 0.15) is 5.82 Å². The first-order valence-corrected chi connectivity index (χ1v) is 6.66. The molecule has 3 rings (SSSR count). The molecule has 3 unspecified atom stereocenters. The van der Waals surface area contributed by atoms with E-state index in [0.29, 0.717) is 23.5 Å². The molecule has 2 N–H and O–H groups in total. The van der Waals surface area contributed by atoms with E-state index in [4.69, 9.17) is 4.74 Å². The molecule has 0 saturated carbocycles. The van der Waals surface area contributed by atoms with Crippen LogP contribution in [0.5, 0.6) is 0 Å². The van der Waals surface area contributed by atoms with Crippen molar-refractivity contribution in [3.05, 3.63) is 23.5 Å². The molecule has 2 aliphatic rings. The molecule has 1 fully saturated rings. The maximum Gasteiger partial charge on any atom is 0.257 e. The Kier molecular flexibility index (Phi) is 3.14. The molecule has 1 aromatic carbocycles. The van der Waals surface area contributed by atoms with Crippen LogP contribution in [0.15, 0.2) is 12.1 Å². The van der Waals surface area contributed by atoms with Crippen molar-refractivity contribution in [3.8, 4) is 0 Å². The summed E-state index contributed by atoms with van der Waals surface area (Å²) in [5, 5.41) is 12.2. The lowest BCUT2D eigenvalue weighted by Crippen LogP contribution is -2.37. The molecule has 6 heteroatoms. The van der Waals surface area contributed by atoms with E-state index >= 15 is 0 Å². The fraction of sp³-hybridized carbons (Fsp3) is 0.500. The van der Waals surface area contributed by atoms with Crippen molar-refractivity contribution < 1.29 is 19.0 Å². The van der Waals surface area contributed by atoms with Crippen molar-refractivity contribution in [2.45, 2.75) is 31.6 Å². The normalized spacial score (nSPS) is 28.4. The number of aliphatic hydroxyl groups is 1. The topological polar surface area (TPSA) is 61.8 Å². The fourth-order valence-electron chi connectivity index (χ4n) is 2.93. The quantitative estimate of drug-likeness (QED) is 0.860. The number of hydrogen-bond donors (Lipinski definition) is 2. The number of fused-ring (bicyclic) bond motifs is 1. The maximum absolute atomic E-state index is 14.2. The number of nitrogens with zero attached hydrogens (tertiary/aromatic N) is 1. The Labute approximate surface area is 116 Å². The first-order valence-electron chi connectivity index (χ1n) is 6.66. The van der Waals surface area contributed by atoms with Gasteiger partial charge >= 0.3 is 0 Å². The second-order valence-electron chi connectivity index (χ2n) is 5.33. The van der Waals surface area contributed by atoms with E-state index in [1.807, 2.05) is 18.9 Å². The number of amides is 1. The predicted octanol–water partition coefficient (Wildman–Crippen LogP) is 1.42. The largest absolute Gasteiger partial charge is 0.378 e. The third-order valence-corrected chi connectivity index (χ3v) is 4.13. The highest BCUT2D eigenvalue weighted by atomic mass is 19.1. The number of halogens is 1. The van der Waals surface area contributed by atoms with Crippen LogP contribution in [0.3, 0.4) is 0 Å². The van der Waals surface area contributed by atoms with Crippen molar-refractivity contribution in [3.63, 3.8) is 0 Å². The second-order valence-corrected chi connectivity index (χ2v) is 5.33. The minimum absolute atomic E-state index is 0.0350. The Morgan fingerprint density at radius 3 is 2.90 bits per heavy atom. The molecule has 2 aliphatic heterocycles. The van der Waals surface area contributed by atoms with E-state index in [1.165, 1.54) is 6.07 Å². The number of carbonyl (C=O) groups is 1. The Balaban J connectivity index is 1.95. The molecular formula is C14H17FN2O3. The van der Waals surface area contributed by atoms with Crippen molar-refractivity contribution >= 4 is 17.3 Å². The lowest BCUT2D eigenvalue weighted by molar-refractivity contribution is -0.123. The van der Waals surface area contributed by atoms with E-state index in [9.17, 15) is 14.3 Å². The highest BCUT2D eigenvalue weighted by Gasteiger charge is 2.33. The molecule has 1 saturated heterocycles. The fourth-order valence-corrected chi connectivity index (χ4v) is 2.93. The highest BCUT2D eigenvalue weighted by molar-refractivity contribution is 6.02. The standard InChI is InChI=1S/C14H17FN2O3/c1-7-11(3-4-20-7)17(2)12-6-10-8(5-9(12)15)13(18)14(19)16-10/h5-7,11,13,18H,3-4H2,1-2H3,(H,16,19). The van der Waals surface area contributed by atoms with Gasteiger partial charge in [0.25, 0.3) is 5.91 Å². The maximum atomic E-state index is 14.2. The Morgan fingerprint density at radius 2 is 2.25 bits per heavy atom. The molecule has 0 radical (unpaired) electrons. The molecule has 1 aromatic rings. The molecule has 1 amide bonds. The summed E-state index contributed by atoms with van der Waals surface area (Å²) < 4.78 is 19.7. The molecule has 20 heavy (non-hydrogen) atoms. The Morgan fingerprint density at radius 1 is 1.50 bits per heavy atom. The van der Waals surface area contributed by atoms with Crippen LogP contribution in [0.2, 0.25) is 0 Å². The van der Waals surface area contributed by atoms with Crippen LogP contribution in [0, 0.1) is 5.82 Å². The number of hydrogen-bond acceptors (Lipinski definition) is 4. The number of rotatable bonds is 2. The van der Waals surface area contributed by atoms with E-state index in [2.05, 4.69) is 5.32 Å². The smallest absolute Gasteiger partial charge is 0.257 e. The number of nitrogens with one attached hydrogen (secondary N) is 1. The van der Waals surface area contributed by atoms with Crippen molar-refractivity contribution in [2.24, 2.45) is 0 Å². The first-order chi connectivity index (χ1) is 9.49. The molecule has 5 nitrogen and oxygen atoms in total. The molecule has 2 heterocycles. The Bertz CT molecular complexity index is 564. The zero-order chi connectivity index (χ0) is 14.4. The van der Waals surface area contributed by atoms with Crippen LogP contribution in [-0.2, 0) is 9.53 Å². The van der Waals surface area contributed by atoms with E-state index < -0.39 is 17.8 Å². The number of benzene rings is 1. The number of ether oxygens (including phenoxy) is 1. The van der Waals surface area contributed by atoms with E-state index in [1.54, 1.807) is 6.07 Å². The van der Waals surface area contributed by atoms with Crippen LogP contribution < -0.4 is 10.2 Å². The van der Waals surface area contributed by atoms with Gasteiger partial charge in [0.05, 0.1) is 17.8 Å². The summed E-state index contributed by atoms with van der Waals surface area (Å²) in [6.45, 7) is 2.63. The molecule has 0 aromatic heterocycles. The second kappa shape index (κ2) is 4.71. The minimum atomic E-state index is -1.28. The zero-order valence-corrected chi connectivity index (χ0v) is 11.4. The molecule has 108 valence electrons. The van der Waals surface area contributed by atoms with Gasteiger partial charge in [0.15, 0.2) is 6.10 Å². The van der Waals surface area contributed by atoms with Gasteiger partial charge in [0.2, 0.25) is 0 Å². The lowest BCUT2D eigenvalue weighted by Gasteiger charge is -2.29. The van der Waals surface area contributed by atoms with Crippen LogP contribution >= 0.6 is 0 Å². The zero-order valence-electron chi connectivity index (χ0n) is 11.4. The van der Waals surface area contributed by atoms with Gasteiger partial charge in [-0.3, -0.25) is 4.79 Å². The van der Waals surface area contributed by atoms with Crippen molar-refractivity contribution in [1.29, 1.82) is 0 Å². The summed E-state index contributed by atoms with van der Waals surface area (Å²) >= 11 is 0. The van der Waals surface area contributed by atoms with Gasteiger partial charge in [-0.15, -0.1) is 0 Å². The third kappa shape index (κ3) is 1.96. The summed E-state index contributed by atoms with van der Waals surface area (Å²) in [5.41, 5.74) is 1.16. The van der Waals surface area contributed by atoms with Crippen molar-refractivity contribution in [1.82, 2.24) is 0 Å². The molecular weight excluding hydrogens is 263 g/mol. The van der Waals surface area contributed by atoms with Gasteiger partial charge < -0.3 is 20.1 Å². The van der Waals surface area contributed by atoms with Gasteiger partial charge in [-0.2, -0.15) is 0 Å². The number of anilines is 2. The summed E-state index contributed by atoms with van der Waals surface area (Å²) in [6.07, 6.45) is -0.413. The molecule has 0 bridgehead atoms. The lowest BCUT2D eigenvalue weighted by atomic mass is 10.1. The SMILES string of the molecule is CC1OCCC1N(C)c1cc2c(cc1F)C(O)C(=O)N2. The summed E-state index contributed by atoms with van der Waals surface area (Å²) in [5.74, 6) is -0.960. The van der Waals surface area contributed by atoms with E-state index in [0.717, 1.165) is 6.42 Å². The van der Waals surface area contributed by atoms with Crippen LogP contribution in [0.4, 0.5) is 15.8 Å². The average molecular weight is 280 g/mol. The highest BCUT2D eigenvalue weighted by Crippen LogP contribution is 2.37. The van der Waals surface area contributed by atoms with Crippen LogP contribution in [0.25, 0.3) is 0 Å². The monoisotopic (exact) mass is 280 g/mol. The Hall–Kier alpha value is -1.66. The van der Waals surface area contributed by atoms with Gasteiger partial charge in [-0.25, -0.2) is 4.39 Å². The average Bonchev–Trinajstić information content (AvgIpc) is 2.94. The van der Waals surface area contributed by atoms with Gasteiger partial charge in [0, 0.05) is 24.9 Å². The predicted molar refractivity (Wildman–Crippen MR) is 72.2 cm³/mol. The molecule has 3 atom stereocenters. The number of aliphatic hydroxyl groups excluding tert-OH is 1.